The van der Waals surface area contributed by atoms with Crippen LogP contribution in [0.1, 0.15) is 49.6 Å². The van der Waals surface area contributed by atoms with Crippen LogP contribution in [-0.4, -0.2) is 52.4 Å². The maximum Gasteiger partial charge on any atom is 0.407 e. The molecule has 2 amide bonds. The highest BCUT2D eigenvalue weighted by Gasteiger charge is 2.30. The molecule has 1 N–H and O–H groups in total. The number of hydrogen-bond acceptors (Lipinski definition) is 4. The zero-order chi connectivity index (χ0) is 17.9. The fourth-order valence-corrected chi connectivity index (χ4v) is 3.45. The molecule has 2 rings (SSSR count). The molecule has 0 radical (unpaired) electrons. The Balaban J connectivity index is 2.04. The van der Waals surface area contributed by atoms with Crippen molar-refractivity contribution >= 4 is 12.0 Å². The van der Waals surface area contributed by atoms with Gasteiger partial charge in [-0.15, -0.1) is 0 Å². The number of nitrogens with zero attached hydrogens (tertiary/aromatic N) is 3. The summed E-state index contributed by atoms with van der Waals surface area (Å²) < 4.78 is 6.74. The number of carbonyl (C=O) groups excluding carboxylic acids is 2. The smallest absolute Gasteiger partial charge is 0.407 e. The molecule has 0 unspecified atom stereocenters. The molecule has 0 aromatic carbocycles. The molecule has 0 saturated carbocycles. The highest BCUT2D eigenvalue weighted by atomic mass is 16.5. The largest absolute Gasteiger partial charge is 0.450 e. The minimum Gasteiger partial charge on any atom is -0.450 e. The van der Waals surface area contributed by atoms with Crippen molar-refractivity contribution in [3.05, 3.63) is 17.0 Å². The molecule has 0 spiro atoms. The van der Waals surface area contributed by atoms with Crippen LogP contribution in [-0.2, 0) is 16.6 Å². The van der Waals surface area contributed by atoms with Crippen molar-refractivity contribution < 1.29 is 14.3 Å². The lowest BCUT2D eigenvalue weighted by Crippen LogP contribution is -2.50. The second-order valence-corrected chi connectivity index (χ2v) is 6.42. The number of aromatic nitrogens is 2. The predicted octanol–water partition coefficient (Wildman–Crippen LogP) is 1.88. The molecule has 24 heavy (non-hydrogen) atoms. The third-order valence-corrected chi connectivity index (χ3v) is 4.70. The van der Waals surface area contributed by atoms with Crippen molar-refractivity contribution in [2.45, 2.75) is 52.5 Å². The number of ether oxygens (including phenoxy) is 1. The topological polar surface area (TPSA) is 76.5 Å². The van der Waals surface area contributed by atoms with E-state index in [4.69, 9.17) is 4.74 Å². The maximum atomic E-state index is 12.9. The molecule has 1 fully saturated rings. The standard InChI is InChI=1S/C17H28N4O3/c1-6-24-17(23)18-14-8-7-9-21(10-14)16(22)11(2)15-12(3)19-20(5)13(15)4/h11,14H,6-10H2,1-5H3,(H,18,23)/t11-,14+/m1/s1. The highest BCUT2D eigenvalue weighted by molar-refractivity contribution is 5.84. The van der Waals surface area contributed by atoms with Crippen molar-refractivity contribution in [3.8, 4) is 0 Å². The number of likely N-dealkylation sites (tertiary alicyclic amines) is 1. The second-order valence-electron chi connectivity index (χ2n) is 6.42. The van der Waals surface area contributed by atoms with E-state index in [1.807, 2.05) is 37.4 Å². The molecule has 0 bridgehead atoms. The third-order valence-electron chi connectivity index (χ3n) is 4.70. The summed E-state index contributed by atoms with van der Waals surface area (Å²) >= 11 is 0. The van der Waals surface area contributed by atoms with E-state index in [-0.39, 0.29) is 17.9 Å². The van der Waals surface area contributed by atoms with Crippen molar-refractivity contribution in [1.82, 2.24) is 20.0 Å². The van der Waals surface area contributed by atoms with E-state index in [0.717, 1.165) is 36.3 Å². The van der Waals surface area contributed by atoms with Gasteiger partial charge in [0.15, 0.2) is 0 Å². The van der Waals surface area contributed by atoms with Gasteiger partial charge in [-0.25, -0.2) is 4.79 Å². The van der Waals surface area contributed by atoms with E-state index in [1.165, 1.54) is 0 Å². The van der Waals surface area contributed by atoms with Gasteiger partial charge in [0.1, 0.15) is 0 Å². The Labute approximate surface area is 143 Å². The van der Waals surface area contributed by atoms with Gasteiger partial charge in [0.25, 0.3) is 0 Å². The minimum absolute atomic E-state index is 0.0509. The van der Waals surface area contributed by atoms with Crippen LogP contribution >= 0.6 is 0 Å². The quantitative estimate of drug-likeness (QED) is 0.911. The Kier molecular flexibility index (Phi) is 5.85. The summed E-state index contributed by atoms with van der Waals surface area (Å²) in [6.07, 6.45) is 1.33. The first-order valence-electron chi connectivity index (χ1n) is 8.57. The van der Waals surface area contributed by atoms with Gasteiger partial charge < -0.3 is 15.0 Å². The maximum absolute atomic E-state index is 12.9. The zero-order valence-electron chi connectivity index (χ0n) is 15.3. The fourth-order valence-electron chi connectivity index (χ4n) is 3.45. The van der Waals surface area contributed by atoms with Gasteiger partial charge in [0, 0.05) is 37.4 Å². The molecule has 1 aliphatic rings. The molecular weight excluding hydrogens is 308 g/mol. The lowest BCUT2D eigenvalue weighted by atomic mass is 9.96. The fraction of sp³-hybridized carbons (Fsp3) is 0.706. The first-order chi connectivity index (χ1) is 11.3. The monoisotopic (exact) mass is 336 g/mol. The third kappa shape index (κ3) is 3.88. The van der Waals surface area contributed by atoms with Crippen LogP contribution in [0.4, 0.5) is 4.79 Å². The summed E-state index contributed by atoms with van der Waals surface area (Å²) in [6, 6.07) is -0.0509. The summed E-state index contributed by atoms with van der Waals surface area (Å²) in [7, 11) is 1.89. The molecule has 1 saturated heterocycles. The molecule has 2 heterocycles. The van der Waals surface area contributed by atoms with Gasteiger partial charge in [-0.05, 0) is 40.5 Å². The number of aryl methyl sites for hydroxylation is 2. The van der Waals surface area contributed by atoms with E-state index in [2.05, 4.69) is 10.4 Å². The van der Waals surface area contributed by atoms with E-state index in [9.17, 15) is 9.59 Å². The van der Waals surface area contributed by atoms with Gasteiger partial charge in [0.05, 0.1) is 18.2 Å². The van der Waals surface area contributed by atoms with E-state index < -0.39 is 6.09 Å². The summed E-state index contributed by atoms with van der Waals surface area (Å²) in [6.45, 7) is 9.23. The van der Waals surface area contributed by atoms with Crippen LogP contribution in [0.3, 0.4) is 0 Å². The lowest BCUT2D eigenvalue weighted by Gasteiger charge is -2.34. The summed E-state index contributed by atoms with van der Waals surface area (Å²) in [5.41, 5.74) is 2.92. The van der Waals surface area contributed by atoms with Crippen LogP contribution in [0.5, 0.6) is 0 Å². The van der Waals surface area contributed by atoms with Gasteiger partial charge in [0.2, 0.25) is 5.91 Å². The van der Waals surface area contributed by atoms with Crippen molar-refractivity contribution in [2.75, 3.05) is 19.7 Å². The van der Waals surface area contributed by atoms with Crippen LogP contribution in [0.2, 0.25) is 0 Å². The molecule has 1 aliphatic heterocycles. The zero-order valence-corrected chi connectivity index (χ0v) is 15.3. The Morgan fingerprint density at radius 2 is 2.12 bits per heavy atom. The Hall–Kier alpha value is -2.05. The number of piperidine rings is 1. The molecule has 7 heteroatoms. The normalized spacial score (nSPS) is 19.0. The Morgan fingerprint density at radius 3 is 2.71 bits per heavy atom. The molecule has 7 nitrogen and oxygen atoms in total. The van der Waals surface area contributed by atoms with Crippen molar-refractivity contribution in [1.29, 1.82) is 0 Å². The van der Waals surface area contributed by atoms with Gasteiger partial charge in [-0.1, -0.05) is 0 Å². The Bertz CT molecular complexity index is 611. The average Bonchev–Trinajstić information content (AvgIpc) is 2.79. The SMILES string of the molecule is CCOC(=O)N[C@H]1CCCN(C(=O)[C@H](C)c2c(C)nn(C)c2C)C1. The van der Waals surface area contributed by atoms with E-state index in [0.29, 0.717) is 13.2 Å². The first kappa shape index (κ1) is 18.3. The van der Waals surface area contributed by atoms with Crippen LogP contribution < -0.4 is 5.32 Å². The van der Waals surface area contributed by atoms with Gasteiger partial charge in [-0.2, -0.15) is 5.10 Å². The number of hydrogen-bond donors (Lipinski definition) is 1. The van der Waals surface area contributed by atoms with Crippen LogP contribution in [0.25, 0.3) is 0 Å². The minimum atomic E-state index is -0.413. The molecular formula is C17H28N4O3. The van der Waals surface area contributed by atoms with Crippen LogP contribution in [0.15, 0.2) is 0 Å². The van der Waals surface area contributed by atoms with Gasteiger partial charge in [-0.3, -0.25) is 9.48 Å². The van der Waals surface area contributed by atoms with E-state index in [1.54, 1.807) is 6.92 Å². The summed E-state index contributed by atoms with van der Waals surface area (Å²) in [5.74, 6) is -0.149. The first-order valence-corrected chi connectivity index (χ1v) is 8.57. The van der Waals surface area contributed by atoms with Crippen molar-refractivity contribution in [3.63, 3.8) is 0 Å². The number of amides is 2. The van der Waals surface area contributed by atoms with Gasteiger partial charge >= 0.3 is 6.09 Å². The van der Waals surface area contributed by atoms with Crippen molar-refractivity contribution in [2.24, 2.45) is 7.05 Å². The molecule has 1 aromatic rings. The summed E-state index contributed by atoms with van der Waals surface area (Å²) in [5, 5.41) is 7.25. The predicted molar refractivity (Wildman–Crippen MR) is 90.9 cm³/mol. The Morgan fingerprint density at radius 1 is 1.42 bits per heavy atom. The number of rotatable bonds is 4. The highest BCUT2D eigenvalue weighted by Crippen LogP contribution is 2.26. The molecule has 2 atom stereocenters. The van der Waals surface area contributed by atoms with E-state index >= 15 is 0 Å². The molecule has 134 valence electrons. The average molecular weight is 336 g/mol. The number of nitrogens with one attached hydrogen (secondary N) is 1. The number of alkyl carbamates (subject to hydrolysis) is 1. The lowest BCUT2D eigenvalue weighted by molar-refractivity contribution is -0.133. The summed E-state index contributed by atoms with van der Waals surface area (Å²) in [4.78, 5) is 26.3. The molecule has 1 aromatic heterocycles. The number of carbonyl (C=O) groups is 2. The molecule has 0 aliphatic carbocycles. The second kappa shape index (κ2) is 7.68. The van der Waals surface area contributed by atoms with Crippen LogP contribution in [0, 0.1) is 13.8 Å².